The normalized spacial score (nSPS) is 28.4. The van der Waals surface area contributed by atoms with Gasteiger partial charge in [0.15, 0.2) is 0 Å². The van der Waals surface area contributed by atoms with E-state index in [0.717, 1.165) is 45.5 Å². The molecule has 1 unspecified atom stereocenters. The number of hydrogen-bond acceptors (Lipinski definition) is 4. The molecule has 0 aliphatic carbocycles. The smallest absolute Gasteiger partial charge is 0.213 e. The molecular formula is C12H24N2O3S. The third-order valence-corrected chi connectivity index (χ3v) is 5.67. The molecule has 0 aromatic heterocycles. The van der Waals surface area contributed by atoms with E-state index in [0.29, 0.717) is 19.2 Å². The third-order valence-electron chi connectivity index (χ3n) is 3.79. The fourth-order valence-electron chi connectivity index (χ4n) is 2.67. The molecule has 18 heavy (non-hydrogen) atoms. The van der Waals surface area contributed by atoms with Crippen molar-refractivity contribution in [3.63, 3.8) is 0 Å². The summed E-state index contributed by atoms with van der Waals surface area (Å²) in [4.78, 5) is 2.35. The number of rotatable bonds is 4. The average Bonchev–Trinajstić information content (AvgIpc) is 2.73. The van der Waals surface area contributed by atoms with Crippen LogP contribution in [0.2, 0.25) is 0 Å². The zero-order chi connectivity index (χ0) is 13.0. The van der Waals surface area contributed by atoms with Crippen LogP contribution in [-0.2, 0) is 14.8 Å². The van der Waals surface area contributed by atoms with E-state index in [4.69, 9.17) is 4.74 Å². The molecule has 0 aromatic carbocycles. The van der Waals surface area contributed by atoms with Gasteiger partial charge in [0.25, 0.3) is 0 Å². The zero-order valence-corrected chi connectivity index (χ0v) is 12.0. The van der Waals surface area contributed by atoms with Crippen LogP contribution in [0.5, 0.6) is 0 Å². The Bertz CT molecular complexity index is 352. The van der Waals surface area contributed by atoms with Gasteiger partial charge in [-0.1, -0.05) is 0 Å². The summed E-state index contributed by atoms with van der Waals surface area (Å²) >= 11 is 0. The first-order valence-corrected chi connectivity index (χ1v) is 8.54. The van der Waals surface area contributed by atoms with Crippen LogP contribution in [0.15, 0.2) is 0 Å². The number of hydrogen-bond donors (Lipinski definition) is 0. The fourth-order valence-corrected chi connectivity index (χ4v) is 3.80. The zero-order valence-electron chi connectivity index (χ0n) is 11.2. The van der Waals surface area contributed by atoms with Gasteiger partial charge >= 0.3 is 0 Å². The highest BCUT2D eigenvalue weighted by Crippen LogP contribution is 2.15. The van der Waals surface area contributed by atoms with Crippen molar-refractivity contribution in [1.29, 1.82) is 0 Å². The first-order valence-electron chi connectivity index (χ1n) is 6.93. The van der Waals surface area contributed by atoms with Gasteiger partial charge in [-0.3, -0.25) is 4.90 Å². The Morgan fingerprint density at radius 1 is 1.17 bits per heavy atom. The van der Waals surface area contributed by atoms with Crippen LogP contribution in [0.3, 0.4) is 0 Å². The second-order valence-corrected chi connectivity index (χ2v) is 7.35. The summed E-state index contributed by atoms with van der Waals surface area (Å²) in [5.74, 6) is 0.207. The summed E-state index contributed by atoms with van der Waals surface area (Å²) in [5.41, 5.74) is 0. The highest BCUT2D eigenvalue weighted by atomic mass is 32.2. The maximum absolute atomic E-state index is 11.8. The van der Waals surface area contributed by atoms with Crippen molar-refractivity contribution in [3.05, 3.63) is 0 Å². The lowest BCUT2D eigenvalue weighted by Gasteiger charge is -2.23. The minimum absolute atomic E-state index is 0.207. The Kier molecular flexibility index (Phi) is 5.00. The Labute approximate surface area is 110 Å². The van der Waals surface area contributed by atoms with Crippen LogP contribution in [0, 0.1) is 0 Å². The predicted molar refractivity (Wildman–Crippen MR) is 71.1 cm³/mol. The molecule has 0 saturated carbocycles. The van der Waals surface area contributed by atoms with Crippen LogP contribution < -0.4 is 0 Å². The molecule has 6 heteroatoms. The molecule has 0 spiro atoms. The first kappa shape index (κ1) is 14.2. The van der Waals surface area contributed by atoms with E-state index in [2.05, 4.69) is 4.90 Å². The number of ether oxygens (including phenoxy) is 1. The van der Waals surface area contributed by atoms with E-state index in [9.17, 15) is 8.42 Å². The molecule has 106 valence electrons. The van der Waals surface area contributed by atoms with Crippen molar-refractivity contribution >= 4 is 10.0 Å². The summed E-state index contributed by atoms with van der Waals surface area (Å²) in [6.45, 7) is 6.66. The van der Waals surface area contributed by atoms with Crippen molar-refractivity contribution in [3.8, 4) is 0 Å². The summed E-state index contributed by atoms with van der Waals surface area (Å²) in [6.07, 6.45) is 3.59. The predicted octanol–water partition coefficient (Wildman–Crippen LogP) is 0.523. The second-order valence-electron chi connectivity index (χ2n) is 5.09. The average molecular weight is 276 g/mol. The Morgan fingerprint density at radius 3 is 2.67 bits per heavy atom. The monoisotopic (exact) mass is 276 g/mol. The summed E-state index contributed by atoms with van der Waals surface area (Å²) in [6, 6.07) is 0. The van der Waals surface area contributed by atoms with Crippen LogP contribution in [0.1, 0.15) is 26.2 Å². The minimum atomic E-state index is -3.02. The largest absolute Gasteiger partial charge is 0.377 e. The molecule has 2 saturated heterocycles. The van der Waals surface area contributed by atoms with Crippen molar-refractivity contribution in [2.24, 2.45) is 0 Å². The van der Waals surface area contributed by atoms with Gasteiger partial charge < -0.3 is 4.74 Å². The maximum atomic E-state index is 11.8. The quantitative estimate of drug-likeness (QED) is 0.751. The topological polar surface area (TPSA) is 49.9 Å². The fraction of sp³-hybridized carbons (Fsp3) is 1.00. The van der Waals surface area contributed by atoms with Gasteiger partial charge in [-0.05, 0) is 32.7 Å². The van der Waals surface area contributed by atoms with Crippen molar-refractivity contribution in [1.82, 2.24) is 9.21 Å². The van der Waals surface area contributed by atoms with E-state index < -0.39 is 10.0 Å². The van der Waals surface area contributed by atoms with Gasteiger partial charge in [-0.25, -0.2) is 12.7 Å². The van der Waals surface area contributed by atoms with Crippen molar-refractivity contribution < 1.29 is 13.2 Å². The Balaban J connectivity index is 1.84. The molecule has 1 atom stereocenters. The van der Waals surface area contributed by atoms with Crippen LogP contribution in [0.4, 0.5) is 0 Å². The molecule has 2 rings (SSSR count). The molecular weight excluding hydrogens is 252 g/mol. The van der Waals surface area contributed by atoms with Crippen LogP contribution in [0.25, 0.3) is 0 Å². The van der Waals surface area contributed by atoms with E-state index in [1.807, 2.05) is 0 Å². The minimum Gasteiger partial charge on any atom is -0.377 e. The van der Waals surface area contributed by atoms with Crippen LogP contribution >= 0.6 is 0 Å². The van der Waals surface area contributed by atoms with E-state index in [1.54, 1.807) is 11.2 Å². The lowest BCUT2D eigenvalue weighted by molar-refractivity contribution is 0.0749. The Hall–Kier alpha value is -0.170. The lowest BCUT2D eigenvalue weighted by atomic mass is 10.2. The molecule has 0 amide bonds. The molecule has 0 N–H and O–H groups in total. The first-order chi connectivity index (χ1) is 8.62. The highest BCUT2D eigenvalue weighted by molar-refractivity contribution is 7.89. The van der Waals surface area contributed by atoms with Gasteiger partial charge in [-0.2, -0.15) is 0 Å². The van der Waals surface area contributed by atoms with Crippen molar-refractivity contribution in [2.45, 2.75) is 32.3 Å². The van der Waals surface area contributed by atoms with Gasteiger partial charge in [0.1, 0.15) is 0 Å². The summed E-state index contributed by atoms with van der Waals surface area (Å²) < 4.78 is 31.0. The van der Waals surface area contributed by atoms with Gasteiger partial charge in [0.05, 0.1) is 11.9 Å². The second kappa shape index (κ2) is 6.32. The SMILES string of the molecule is CCS(=O)(=O)N1CCCN(CC2CCCO2)CC1. The molecule has 2 aliphatic rings. The third kappa shape index (κ3) is 3.66. The summed E-state index contributed by atoms with van der Waals surface area (Å²) in [7, 11) is -3.02. The number of sulfonamides is 1. The van der Waals surface area contributed by atoms with E-state index in [-0.39, 0.29) is 5.75 Å². The molecule has 0 bridgehead atoms. The van der Waals surface area contributed by atoms with E-state index in [1.165, 1.54) is 0 Å². The summed E-state index contributed by atoms with van der Waals surface area (Å²) in [5, 5.41) is 0. The molecule has 0 radical (unpaired) electrons. The molecule has 5 nitrogen and oxygen atoms in total. The molecule has 0 aromatic rings. The standard InChI is InChI=1S/C12H24N2O3S/c1-2-18(15,16)14-7-4-6-13(8-9-14)11-12-5-3-10-17-12/h12H,2-11H2,1H3. The Morgan fingerprint density at radius 2 is 2.00 bits per heavy atom. The molecule has 2 aliphatic heterocycles. The molecule has 2 fully saturated rings. The maximum Gasteiger partial charge on any atom is 0.213 e. The van der Waals surface area contributed by atoms with Crippen molar-refractivity contribution in [2.75, 3.05) is 45.1 Å². The highest BCUT2D eigenvalue weighted by Gasteiger charge is 2.25. The van der Waals surface area contributed by atoms with E-state index >= 15 is 0 Å². The molecule has 2 heterocycles. The van der Waals surface area contributed by atoms with Crippen LogP contribution in [-0.4, -0.2) is 68.8 Å². The lowest BCUT2D eigenvalue weighted by Crippen LogP contribution is -2.38. The van der Waals surface area contributed by atoms with Gasteiger partial charge in [0, 0.05) is 32.8 Å². The number of nitrogens with zero attached hydrogens (tertiary/aromatic N) is 2. The van der Waals surface area contributed by atoms with Gasteiger partial charge in [-0.15, -0.1) is 0 Å². The van der Waals surface area contributed by atoms with Gasteiger partial charge in [0.2, 0.25) is 10.0 Å².